The number of hydroxylamine groups is 4. The zero-order valence-electron chi connectivity index (χ0n) is 19.0. The normalized spacial score (nSPS) is 14.0. The Kier molecular flexibility index (Phi) is 7.23. The Morgan fingerprint density at radius 3 is 1.17 bits per heavy atom. The minimum Gasteiger partial charge on any atom is -0.320 e. The summed E-state index contributed by atoms with van der Waals surface area (Å²) in [7, 11) is 0. The van der Waals surface area contributed by atoms with E-state index in [-0.39, 0.29) is 35.3 Å². The van der Waals surface area contributed by atoms with Gasteiger partial charge in [0.1, 0.15) is 0 Å². The van der Waals surface area contributed by atoms with E-state index >= 15 is 0 Å². The van der Waals surface area contributed by atoms with Crippen molar-refractivity contribution < 1.29 is 38.4 Å². The molecule has 2 aliphatic rings. The van der Waals surface area contributed by atoms with Crippen molar-refractivity contribution in [2.24, 2.45) is 0 Å². The summed E-state index contributed by atoms with van der Waals surface area (Å²) in [5.74, 6) is -2.78. The van der Waals surface area contributed by atoms with Gasteiger partial charge in [-0.3, -0.25) is 19.2 Å². The first kappa shape index (κ1) is 24.4. The Morgan fingerprint density at radius 2 is 0.861 bits per heavy atom. The molecule has 2 aromatic carbocycles. The number of rotatable bonds is 9. The Hall–Kier alpha value is -4.74. The predicted octanol–water partition coefficient (Wildman–Crippen LogP) is 2.42. The van der Waals surface area contributed by atoms with Crippen molar-refractivity contribution >= 4 is 35.8 Å². The number of hydrogen-bond acceptors (Lipinski definition) is 8. The molecule has 6 amide bonds. The maximum atomic E-state index is 12.2. The first-order valence-electron chi connectivity index (χ1n) is 11.3. The summed E-state index contributed by atoms with van der Waals surface area (Å²) in [5, 5.41) is 5.83. The molecule has 36 heavy (non-hydrogen) atoms. The molecule has 0 spiro atoms. The summed E-state index contributed by atoms with van der Waals surface area (Å²) in [6, 6.07) is 12.4. The second-order valence-electron chi connectivity index (χ2n) is 7.93. The Bertz CT molecular complexity index is 1080. The van der Waals surface area contributed by atoms with Crippen molar-refractivity contribution in [3.8, 4) is 0 Å². The average Bonchev–Trinajstić information content (AvgIpc) is 3.26. The van der Waals surface area contributed by atoms with E-state index in [1.165, 1.54) is 24.3 Å². The lowest BCUT2D eigenvalue weighted by Crippen LogP contribution is -2.37. The van der Waals surface area contributed by atoms with Crippen LogP contribution in [0.3, 0.4) is 0 Å². The van der Waals surface area contributed by atoms with Gasteiger partial charge in [-0.05, 0) is 37.1 Å². The number of unbranched alkanes of at least 4 members (excludes halogenated alkanes) is 3. The first-order chi connectivity index (χ1) is 17.4. The molecule has 0 aliphatic carbocycles. The molecule has 0 saturated carbocycles. The maximum absolute atomic E-state index is 12.2. The molecule has 2 aromatic rings. The molecule has 0 fully saturated rings. The van der Waals surface area contributed by atoms with Crippen molar-refractivity contribution in [1.29, 1.82) is 0 Å². The van der Waals surface area contributed by atoms with Gasteiger partial charge in [0.2, 0.25) is 0 Å². The SMILES string of the molecule is O=C(NCCCCCCNC(=O)ON1C(=O)c2ccccc2C1=O)ON1C(=O)c2ccccc2C1=O. The Labute approximate surface area is 205 Å². The van der Waals surface area contributed by atoms with Gasteiger partial charge in [-0.25, -0.2) is 9.59 Å². The molecule has 2 heterocycles. The number of carbonyl (C=O) groups is 6. The number of imide groups is 2. The summed E-state index contributed by atoms with van der Waals surface area (Å²) in [6.45, 7) is 0.522. The molecule has 4 rings (SSSR count). The third-order valence-corrected chi connectivity index (χ3v) is 5.50. The van der Waals surface area contributed by atoms with Gasteiger partial charge in [0, 0.05) is 13.1 Å². The monoisotopic (exact) mass is 494 g/mol. The highest BCUT2D eigenvalue weighted by atomic mass is 16.7. The summed E-state index contributed by atoms with van der Waals surface area (Å²) < 4.78 is 0. The Balaban J connectivity index is 1.06. The van der Waals surface area contributed by atoms with Gasteiger partial charge in [-0.1, -0.05) is 47.2 Å². The second kappa shape index (κ2) is 10.7. The van der Waals surface area contributed by atoms with Crippen LogP contribution in [0.15, 0.2) is 48.5 Å². The number of carbonyl (C=O) groups excluding carboxylic acids is 6. The molecular formula is C24H22N4O8. The first-order valence-corrected chi connectivity index (χ1v) is 11.3. The molecule has 2 aliphatic heterocycles. The Morgan fingerprint density at radius 1 is 0.556 bits per heavy atom. The standard InChI is InChI=1S/C24H22N4O8/c29-19-15-9-3-4-10-16(15)20(30)27(19)35-23(33)25-13-7-1-2-8-14-26-24(34)36-28-21(31)17-11-5-6-12-18(17)22(28)32/h3-6,9-12H,1-2,7-8,13-14H2,(H,25,33)(H,26,34). The number of benzene rings is 2. The van der Waals surface area contributed by atoms with Crippen molar-refractivity contribution in [1.82, 2.24) is 20.8 Å². The van der Waals surface area contributed by atoms with Crippen LogP contribution < -0.4 is 10.6 Å². The molecule has 0 radical (unpaired) electrons. The molecule has 0 bridgehead atoms. The molecule has 2 N–H and O–H groups in total. The van der Waals surface area contributed by atoms with E-state index in [0.29, 0.717) is 35.8 Å². The van der Waals surface area contributed by atoms with E-state index < -0.39 is 35.8 Å². The van der Waals surface area contributed by atoms with Crippen LogP contribution in [0.1, 0.15) is 67.1 Å². The highest BCUT2D eigenvalue weighted by Crippen LogP contribution is 2.23. The summed E-state index contributed by atoms with van der Waals surface area (Å²) in [4.78, 5) is 82.2. The third-order valence-electron chi connectivity index (χ3n) is 5.50. The maximum Gasteiger partial charge on any atom is 0.432 e. The smallest absolute Gasteiger partial charge is 0.320 e. The fourth-order valence-corrected chi connectivity index (χ4v) is 3.71. The number of nitrogens with zero attached hydrogens (tertiary/aromatic N) is 2. The van der Waals surface area contributed by atoms with Crippen molar-refractivity contribution in [2.75, 3.05) is 13.1 Å². The van der Waals surface area contributed by atoms with Crippen molar-refractivity contribution in [3.63, 3.8) is 0 Å². The molecule has 186 valence electrons. The topological polar surface area (TPSA) is 151 Å². The number of amides is 6. The fraction of sp³-hybridized carbons (Fsp3) is 0.250. The summed E-state index contributed by atoms with van der Waals surface area (Å²) in [5.41, 5.74) is 0.709. The van der Waals surface area contributed by atoms with Crippen LogP contribution in [0.2, 0.25) is 0 Å². The van der Waals surface area contributed by atoms with Gasteiger partial charge in [0.05, 0.1) is 22.3 Å². The lowest BCUT2D eigenvalue weighted by Gasteiger charge is -2.13. The summed E-state index contributed by atoms with van der Waals surface area (Å²) in [6.07, 6.45) is 0.780. The van der Waals surface area contributed by atoms with E-state index in [1.807, 2.05) is 0 Å². The van der Waals surface area contributed by atoms with E-state index in [9.17, 15) is 28.8 Å². The molecule has 0 atom stereocenters. The quantitative estimate of drug-likeness (QED) is 0.398. The van der Waals surface area contributed by atoms with Crippen LogP contribution in [0.5, 0.6) is 0 Å². The van der Waals surface area contributed by atoms with Gasteiger partial charge in [-0.2, -0.15) is 0 Å². The molecule has 0 aromatic heterocycles. The third kappa shape index (κ3) is 5.02. The average molecular weight is 494 g/mol. The molecule has 0 saturated heterocycles. The van der Waals surface area contributed by atoms with Crippen LogP contribution >= 0.6 is 0 Å². The van der Waals surface area contributed by atoms with Crippen LogP contribution in [-0.2, 0) is 9.68 Å². The van der Waals surface area contributed by atoms with Crippen LogP contribution in [-0.4, -0.2) is 59.0 Å². The van der Waals surface area contributed by atoms with Gasteiger partial charge in [0.15, 0.2) is 0 Å². The molecule has 0 unspecified atom stereocenters. The van der Waals surface area contributed by atoms with Crippen LogP contribution in [0.4, 0.5) is 9.59 Å². The van der Waals surface area contributed by atoms with Crippen molar-refractivity contribution in [3.05, 3.63) is 70.8 Å². The van der Waals surface area contributed by atoms with Crippen LogP contribution in [0, 0.1) is 0 Å². The zero-order chi connectivity index (χ0) is 25.7. The van der Waals surface area contributed by atoms with E-state index in [4.69, 9.17) is 9.68 Å². The van der Waals surface area contributed by atoms with Gasteiger partial charge >= 0.3 is 12.2 Å². The fourth-order valence-electron chi connectivity index (χ4n) is 3.71. The highest BCUT2D eigenvalue weighted by molar-refractivity contribution is 6.21. The lowest BCUT2D eigenvalue weighted by molar-refractivity contribution is -0.0450. The molecule has 12 heteroatoms. The van der Waals surface area contributed by atoms with E-state index in [1.54, 1.807) is 24.3 Å². The lowest BCUT2D eigenvalue weighted by atomic mass is 10.1. The van der Waals surface area contributed by atoms with Gasteiger partial charge in [-0.15, -0.1) is 0 Å². The predicted molar refractivity (Wildman–Crippen MR) is 121 cm³/mol. The zero-order valence-corrected chi connectivity index (χ0v) is 19.0. The van der Waals surface area contributed by atoms with E-state index in [2.05, 4.69) is 10.6 Å². The highest BCUT2D eigenvalue weighted by Gasteiger charge is 2.39. The summed E-state index contributed by atoms with van der Waals surface area (Å²) >= 11 is 0. The number of nitrogens with one attached hydrogen (secondary N) is 2. The molecule has 12 nitrogen and oxygen atoms in total. The number of fused-ring (bicyclic) bond motifs is 2. The minimum atomic E-state index is -0.915. The van der Waals surface area contributed by atoms with Gasteiger partial charge < -0.3 is 20.3 Å². The number of hydrogen-bond donors (Lipinski definition) is 2. The van der Waals surface area contributed by atoms with Crippen LogP contribution in [0.25, 0.3) is 0 Å². The van der Waals surface area contributed by atoms with E-state index in [0.717, 1.165) is 0 Å². The van der Waals surface area contributed by atoms with Crippen molar-refractivity contribution in [2.45, 2.75) is 25.7 Å². The largest absolute Gasteiger partial charge is 0.432 e. The minimum absolute atomic E-state index is 0.177. The second-order valence-corrected chi connectivity index (χ2v) is 7.93. The molecular weight excluding hydrogens is 472 g/mol. The van der Waals surface area contributed by atoms with Gasteiger partial charge in [0.25, 0.3) is 23.6 Å².